The minimum absolute atomic E-state index is 0.406. The number of hydrogen-bond donors (Lipinski definition) is 0. The Bertz CT molecular complexity index is 1170. The lowest BCUT2D eigenvalue weighted by Gasteiger charge is -2.03. The van der Waals surface area contributed by atoms with Crippen molar-refractivity contribution in [3.63, 3.8) is 0 Å². The highest BCUT2D eigenvalue weighted by molar-refractivity contribution is 9.11. The van der Waals surface area contributed by atoms with E-state index in [1.165, 1.54) is 11.3 Å². The molecule has 0 atom stereocenters. The van der Waals surface area contributed by atoms with Crippen LogP contribution in [0.4, 0.5) is 0 Å². The van der Waals surface area contributed by atoms with Crippen molar-refractivity contribution in [2.24, 2.45) is 0 Å². The van der Waals surface area contributed by atoms with Gasteiger partial charge >= 0.3 is 5.63 Å². The van der Waals surface area contributed by atoms with E-state index >= 15 is 0 Å². The largest absolute Gasteiger partial charge is 0.497 e. The minimum atomic E-state index is -0.406. The quantitative estimate of drug-likeness (QED) is 0.323. The molecular weight excluding hydrogens is 482 g/mol. The lowest BCUT2D eigenvalue weighted by atomic mass is 10.1. The van der Waals surface area contributed by atoms with Crippen molar-refractivity contribution in [1.29, 1.82) is 0 Å². The summed E-state index contributed by atoms with van der Waals surface area (Å²) in [7, 11) is 1.63. The maximum absolute atomic E-state index is 12.5. The second-order valence-electron chi connectivity index (χ2n) is 5.52. The summed E-state index contributed by atoms with van der Waals surface area (Å²) in [6.45, 7) is 0. The Labute approximate surface area is 169 Å². The normalized spacial score (nSPS) is 11.0. The molecule has 0 radical (unpaired) electrons. The predicted molar refractivity (Wildman–Crippen MR) is 111 cm³/mol. The highest BCUT2D eigenvalue weighted by Crippen LogP contribution is 2.32. The minimum Gasteiger partial charge on any atom is -0.497 e. The van der Waals surface area contributed by atoms with E-state index in [1.54, 1.807) is 7.11 Å². The van der Waals surface area contributed by atoms with Gasteiger partial charge in [0.1, 0.15) is 10.8 Å². The number of hydrogen-bond acceptors (Lipinski definition) is 5. The molecule has 26 heavy (non-hydrogen) atoms. The maximum Gasteiger partial charge on any atom is 0.346 e. The number of aromatic nitrogens is 1. The molecule has 0 saturated heterocycles. The van der Waals surface area contributed by atoms with Gasteiger partial charge in [0.05, 0.1) is 22.8 Å². The predicted octanol–water partition coefficient (Wildman–Crippen LogP) is 6.12. The van der Waals surface area contributed by atoms with Crippen LogP contribution in [-0.2, 0) is 0 Å². The van der Waals surface area contributed by atoms with E-state index in [4.69, 9.17) is 9.15 Å². The third-order valence-electron chi connectivity index (χ3n) is 3.87. The first-order chi connectivity index (χ1) is 12.5. The van der Waals surface area contributed by atoms with Gasteiger partial charge in [0.15, 0.2) is 5.58 Å². The summed E-state index contributed by atoms with van der Waals surface area (Å²) in [5, 5.41) is 3.38. The van der Waals surface area contributed by atoms with Gasteiger partial charge in [-0.2, -0.15) is 0 Å². The summed E-state index contributed by atoms with van der Waals surface area (Å²) in [5.74, 6) is 0.788. The van der Waals surface area contributed by atoms with Gasteiger partial charge in [-0.25, -0.2) is 9.78 Å². The molecule has 0 aliphatic heterocycles. The fraction of sp³-hybridized carbons (Fsp3) is 0.0526. The van der Waals surface area contributed by atoms with Gasteiger partial charge in [-0.1, -0.05) is 15.9 Å². The molecule has 4 nitrogen and oxygen atoms in total. The van der Waals surface area contributed by atoms with Gasteiger partial charge in [-0.3, -0.25) is 0 Å². The van der Waals surface area contributed by atoms with Crippen LogP contribution in [0.3, 0.4) is 0 Å². The number of nitrogens with zero attached hydrogens (tertiary/aromatic N) is 1. The summed E-state index contributed by atoms with van der Waals surface area (Å²) in [6.07, 6.45) is 0. The van der Waals surface area contributed by atoms with E-state index in [9.17, 15) is 4.79 Å². The Kier molecular flexibility index (Phi) is 4.69. The monoisotopic (exact) mass is 491 g/mol. The molecule has 7 heteroatoms. The number of benzene rings is 2. The van der Waals surface area contributed by atoms with Gasteiger partial charge in [0, 0.05) is 20.8 Å². The van der Waals surface area contributed by atoms with Crippen LogP contribution in [0.5, 0.6) is 5.75 Å². The van der Waals surface area contributed by atoms with E-state index < -0.39 is 5.63 Å². The third-order valence-corrected chi connectivity index (χ3v) is 5.79. The van der Waals surface area contributed by atoms with Gasteiger partial charge < -0.3 is 9.15 Å². The molecule has 0 fully saturated rings. The van der Waals surface area contributed by atoms with Crippen molar-refractivity contribution < 1.29 is 9.15 Å². The highest BCUT2D eigenvalue weighted by Gasteiger charge is 2.14. The lowest BCUT2D eigenvalue weighted by Crippen LogP contribution is -2.02. The molecule has 0 aliphatic carbocycles. The molecule has 0 saturated carbocycles. The maximum atomic E-state index is 12.5. The number of rotatable bonds is 3. The van der Waals surface area contributed by atoms with Crippen LogP contribution in [0.1, 0.15) is 0 Å². The Morgan fingerprint density at radius 1 is 1.12 bits per heavy atom. The first kappa shape index (κ1) is 17.5. The fourth-order valence-electron chi connectivity index (χ4n) is 2.60. The molecule has 0 aliphatic rings. The second kappa shape index (κ2) is 6.98. The second-order valence-corrected chi connectivity index (χ2v) is 8.15. The van der Waals surface area contributed by atoms with Crippen LogP contribution in [0.2, 0.25) is 0 Å². The first-order valence-corrected chi connectivity index (χ1v) is 10.0. The molecule has 0 spiro atoms. The van der Waals surface area contributed by atoms with Crippen LogP contribution in [-0.4, -0.2) is 12.1 Å². The topological polar surface area (TPSA) is 52.3 Å². The van der Waals surface area contributed by atoms with Crippen LogP contribution in [0.15, 0.2) is 66.0 Å². The molecule has 2 heterocycles. The summed E-state index contributed by atoms with van der Waals surface area (Å²) in [6, 6.07) is 13.2. The SMILES string of the molecule is COc1ccc(-c2csc(-c3cc4cc(Br)cc(Br)c4oc3=O)n2)cc1. The average molecular weight is 493 g/mol. The number of ether oxygens (including phenoxy) is 1. The summed E-state index contributed by atoms with van der Waals surface area (Å²) >= 11 is 8.29. The summed E-state index contributed by atoms with van der Waals surface area (Å²) in [4.78, 5) is 17.1. The van der Waals surface area contributed by atoms with Gasteiger partial charge in [-0.05, 0) is 58.4 Å². The van der Waals surface area contributed by atoms with E-state index in [0.29, 0.717) is 16.2 Å². The Hall–Kier alpha value is -1.96. The molecular formula is C19H11Br2NO3S. The number of thiazole rings is 1. The molecule has 2 aromatic heterocycles. The van der Waals surface area contributed by atoms with Gasteiger partial charge in [0.2, 0.25) is 0 Å². The average Bonchev–Trinajstić information content (AvgIpc) is 3.12. The van der Waals surface area contributed by atoms with Crippen molar-refractivity contribution in [1.82, 2.24) is 4.98 Å². The van der Waals surface area contributed by atoms with Crippen molar-refractivity contribution in [3.05, 3.63) is 67.2 Å². The van der Waals surface area contributed by atoms with E-state index in [2.05, 4.69) is 36.8 Å². The van der Waals surface area contributed by atoms with Crippen molar-refractivity contribution in [3.8, 4) is 27.6 Å². The number of halogens is 2. The molecule has 0 bridgehead atoms. The Balaban J connectivity index is 1.79. The van der Waals surface area contributed by atoms with Crippen molar-refractivity contribution in [2.45, 2.75) is 0 Å². The smallest absolute Gasteiger partial charge is 0.346 e. The van der Waals surface area contributed by atoms with E-state index in [0.717, 1.165) is 31.3 Å². The third kappa shape index (κ3) is 3.22. The van der Waals surface area contributed by atoms with Crippen LogP contribution in [0.25, 0.3) is 32.8 Å². The van der Waals surface area contributed by atoms with Crippen LogP contribution in [0, 0.1) is 0 Å². The van der Waals surface area contributed by atoms with E-state index in [1.807, 2.05) is 47.8 Å². The zero-order valence-corrected chi connectivity index (χ0v) is 17.4. The number of methoxy groups -OCH3 is 1. The first-order valence-electron chi connectivity index (χ1n) is 7.58. The van der Waals surface area contributed by atoms with Crippen molar-refractivity contribution in [2.75, 3.05) is 7.11 Å². The summed E-state index contributed by atoms with van der Waals surface area (Å²) in [5.41, 5.74) is 2.34. The summed E-state index contributed by atoms with van der Waals surface area (Å²) < 4.78 is 12.3. The molecule has 0 unspecified atom stereocenters. The molecule has 130 valence electrons. The highest BCUT2D eigenvalue weighted by atomic mass is 79.9. The Morgan fingerprint density at radius 3 is 2.62 bits per heavy atom. The zero-order chi connectivity index (χ0) is 18.3. The van der Waals surface area contributed by atoms with Gasteiger partial charge in [-0.15, -0.1) is 11.3 Å². The molecule has 0 amide bonds. The fourth-order valence-corrected chi connectivity index (χ4v) is 4.77. The number of fused-ring (bicyclic) bond motifs is 1. The van der Waals surface area contributed by atoms with Crippen LogP contribution < -0.4 is 10.4 Å². The molecule has 4 rings (SSSR count). The van der Waals surface area contributed by atoms with Gasteiger partial charge in [0.25, 0.3) is 0 Å². The Morgan fingerprint density at radius 2 is 1.88 bits per heavy atom. The van der Waals surface area contributed by atoms with Crippen molar-refractivity contribution >= 4 is 54.2 Å². The molecule has 0 N–H and O–H groups in total. The standard InChI is InChI=1S/C19H11Br2NO3S/c1-24-13-4-2-10(3-5-13)16-9-26-18(22-16)14-7-11-6-12(20)8-15(21)17(11)25-19(14)23/h2-9H,1H3. The lowest BCUT2D eigenvalue weighted by molar-refractivity contribution is 0.415. The molecule has 2 aromatic carbocycles. The molecule has 4 aromatic rings. The van der Waals surface area contributed by atoms with E-state index in [-0.39, 0.29) is 0 Å². The van der Waals surface area contributed by atoms with Crippen LogP contribution >= 0.6 is 43.2 Å². The zero-order valence-electron chi connectivity index (χ0n) is 13.5.